The molecule has 34 heavy (non-hydrogen) atoms. The molecular weight excluding hydrogens is 420 g/mol. The summed E-state index contributed by atoms with van der Waals surface area (Å²) in [6, 6.07) is 20.2. The number of aliphatic imine (C=N–C) groups is 1. The van der Waals surface area contributed by atoms with E-state index in [9.17, 15) is 0 Å². The van der Waals surface area contributed by atoms with Crippen LogP contribution in [0, 0.1) is 6.92 Å². The molecule has 0 aliphatic carbocycles. The normalized spacial score (nSPS) is 14.6. The number of nitrogens with zero attached hydrogens (tertiary/aromatic N) is 2. The molecule has 4 rings (SSSR count). The maximum atomic E-state index is 6.00. The first kappa shape index (κ1) is 23.6. The van der Waals surface area contributed by atoms with Crippen LogP contribution < -0.4 is 14.4 Å². The molecule has 0 N–H and O–H groups in total. The number of para-hydroxylation sites is 1. The van der Waals surface area contributed by atoms with Crippen LogP contribution in [-0.2, 0) is 0 Å². The average Bonchev–Trinajstić information content (AvgIpc) is 2.82. The van der Waals surface area contributed by atoms with Crippen molar-refractivity contribution in [2.75, 3.05) is 18.6 Å². The first-order valence-corrected chi connectivity index (χ1v) is 11.9. The molecule has 4 heteroatoms. The Morgan fingerprint density at radius 3 is 2.38 bits per heavy atom. The molecule has 176 valence electrons. The molecule has 0 atom stereocenters. The smallest absolute Gasteiger partial charge is 0.130 e. The highest BCUT2D eigenvalue weighted by Crippen LogP contribution is 2.42. The lowest BCUT2D eigenvalue weighted by atomic mass is 9.87. The third-order valence-corrected chi connectivity index (χ3v) is 6.29. The van der Waals surface area contributed by atoms with Crippen LogP contribution in [0.1, 0.15) is 50.8 Å². The van der Waals surface area contributed by atoms with Gasteiger partial charge in [-0.05, 0) is 81.7 Å². The zero-order valence-corrected chi connectivity index (χ0v) is 21.1. The molecular formula is C30H34N2O2. The van der Waals surface area contributed by atoms with Gasteiger partial charge in [0.05, 0.1) is 18.3 Å². The number of anilines is 1. The van der Waals surface area contributed by atoms with Crippen molar-refractivity contribution in [3.63, 3.8) is 0 Å². The van der Waals surface area contributed by atoms with E-state index in [4.69, 9.17) is 14.5 Å². The zero-order valence-electron chi connectivity index (χ0n) is 21.1. The molecule has 0 saturated carbocycles. The molecule has 0 spiro atoms. The van der Waals surface area contributed by atoms with E-state index in [0.717, 1.165) is 47.0 Å². The van der Waals surface area contributed by atoms with Crippen molar-refractivity contribution in [3.05, 3.63) is 83.4 Å². The maximum Gasteiger partial charge on any atom is 0.130 e. The van der Waals surface area contributed by atoms with Gasteiger partial charge in [0.2, 0.25) is 0 Å². The summed E-state index contributed by atoms with van der Waals surface area (Å²) in [5, 5.41) is 0. The SMILES string of the molecule is CCCN1c2cc(OC)c(C=Nc3ccc(Oc4ccccc4C)cc3)cc2C(C)=CC1(C)C. The van der Waals surface area contributed by atoms with Gasteiger partial charge in [-0.25, -0.2) is 0 Å². The molecule has 3 aromatic carbocycles. The second kappa shape index (κ2) is 9.76. The molecule has 1 aliphatic heterocycles. The Hall–Kier alpha value is -3.53. The Kier molecular flexibility index (Phi) is 6.78. The van der Waals surface area contributed by atoms with Gasteiger partial charge in [-0.3, -0.25) is 4.99 Å². The molecule has 0 unspecified atom stereocenters. The molecule has 4 nitrogen and oxygen atoms in total. The number of methoxy groups -OCH3 is 1. The van der Waals surface area contributed by atoms with Crippen molar-refractivity contribution < 1.29 is 9.47 Å². The van der Waals surface area contributed by atoms with Crippen LogP contribution >= 0.6 is 0 Å². The Labute approximate surface area is 203 Å². The molecule has 0 amide bonds. The average molecular weight is 455 g/mol. The summed E-state index contributed by atoms with van der Waals surface area (Å²) in [4.78, 5) is 7.18. The van der Waals surface area contributed by atoms with Crippen molar-refractivity contribution in [1.82, 2.24) is 0 Å². The number of aryl methyl sites for hydroxylation is 1. The second-order valence-corrected chi connectivity index (χ2v) is 9.36. The minimum absolute atomic E-state index is 0.0319. The minimum Gasteiger partial charge on any atom is -0.496 e. The number of hydrogen-bond donors (Lipinski definition) is 0. The number of fused-ring (bicyclic) bond motifs is 1. The van der Waals surface area contributed by atoms with E-state index in [1.54, 1.807) is 7.11 Å². The fourth-order valence-electron chi connectivity index (χ4n) is 4.57. The monoisotopic (exact) mass is 454 g/mol. The Morgan fingerprint density at radius 1 is 0.971 bits per heavy atom. The second-order valence-electron chi connectivity index (χ2n) is 9.36. The predicted molar refractivity (Wildman–Crippen MR) is 143 cm³/mol. The number of allylic oxidation sites excluding steroid dienone is 1. The van der Waals surface area contributed by atoms with Gasteiger partial charge >= 0.3 is 0 Å². The summed E-state index contributed by atoms with van der Waals surface area (Å²) >= 11 is 0. The number of hydrogen-bond acceptors (Lipinski definition) is 4. The van der Waals surface area contributed by atoms with Gasteiger partial charge in [-0.1, -0.05) is 31.2 Å². The van der Waals surface area contributed by atoms with E-state index in [1.165, 1.54) is 16.8 Å². The quantitative estimate of drug-likeness (QED) is 0.340. The highest BCUT2D eigenvalue weighted by Gasteiger charge is 2.31. The van der Waals surface area contributed by atoms with Gasteiger partial charge in [-0.2, -0.15) is 0 Å². The van der Waals surface area contributed by atoms with Crippen molar-refractivity contribution in [2.24, 2.45) is 4.99 Å². The Bertz CT molecular complexity index is 1220. The first-order chi connectivity index (χ1) is 16.3. The molecule has 0 radical (unpaired) electrons. The van der Waals surface area contributed by atoms with E-state index in [-0.39, 0.29) is 5.54 Å². The van der Waals surface area contributed by atoms with Gasteiger partial charge in [0.15, 0.2) is 0 Å². The number of rotatable bonds is 7. The standard InChI is InChI=1S/C30H34N2O2/c1-7-16-32-27-18-29(33-6)23(17-26(27)22(3)19-30(32,4)5)20-31-24-12-14-25(15-13-24)34-28-11-9-8-10-21(28)2/h8-15,17-20H,7,16H2,1-6H3. The summed E-state index contributed by atoms with van der Waals surface area (Å²) in [7, 11) is 1.72. The van der Waals surface area contributed by atoms with E-state index in [0.29, 0.717) is 0 Å². The van der Waals surface area contributed by atoms with E-state index in [1.807, 2.05) is 61.7 Å². The highest BCUT2D eigenvalue weighted by atomic mass is 16.5. The lowest BCUT2D eigenvalue weighted by Gasteiger charge is -2.43. The van der Waals surface area contributed by atoms with E-state index >= 15 is 0 Å². The van der Waals surface area contributed by atoms with Gasteiger partial charge in [0.1, 0.15) is 17.2 Å². The topological polar surface area (TPSA) is 34.1 Å². The van der Waals surface area contributed by atoms with E-state index < -0.39 is 0 Å². The van der Waals surface area contributed by atoms with Crippen molar-refractivity contribution in [2.45, 2.75) is 46.6 Å². The summed E-state index contributed by atoms with van der Waals surface area (Å²) < 4.78 is 11.8. The predicted octanol–water partition coefficient (Wildman–Crippen LogP) is 7.96. The van der Waals surface area contributed by atoms with Crippen LogP contribution in [0.5, 0.6) is 17.2 Å². The first-order valence-electron chi connectivity index (χ1n) is 11.9. The van der Waals surface area contributed by atoms with E-state index in [2.05, 4.69) is 50.8 Å². The third-order valence-electron chi connectivity index (χ3n) is 6.29. The Balaban J connectivity index is 1.60. The molecule has 0 saturated heterocycles. The maximum absolute atomic E-state index is 6.00. The zero-order chi connectivity index (χ0) is 24.3. The van der Waals surface area contributed by atoms with Gasteiger partial charge in [0.25, 0.3) is 0 Å². The fraction of sp³-hybridized carbons (Fsp3) is 0.300. The molecule has 1 aliphatic rings. The van der Waals surface area contributed by atoms with Crippen molar-refractivity contribution in [3.8, 4) is 17.2 Å². The highest BCUT2D eigenvalue weighted by molar-refractivity contribution is 5.92. The summed E-state index contributed by atoms with van der Waals surface area (Å²) in [6.07, 6.45) is 5.32. The van der Waals surface area contributed by atoms with Crippen LogP contribution in [0.4, 0.5) is 11.4 Å². The molecule has 0 aromatic heterocycles. The van der Waals surface area contributed by atoms with Crippen LogP contribution in [0.25, 0.3) is 5.57 Å². The van der Waals surface area contributed by atoms with Gasteiger partial charge in [0, 0.05) is 35.6 Å². The lowest BCUT2D eigenvalue weighted by Crippen LogP contribution is -2.45. The van der Waals surface area contributed by atoms with Gasteiger partial charge < -0.3 is 14.4 Å². The summed E-state index contributed by atoms with van der Waals surface area (Å²) in [6.45, 7) is 12.0. The Morgan fingerprint density at radius 2 is 1.71 bits per heavy atom. The number of benzene rings is 3. The van der Waals surface area contributed by atoms with Crippen LogP contribution in [0.3, 0.4) is 0 Å². The summed E-state index contributed by atoms with van der Waals surface area (Å²) in [5.41, 5.74) is 6.63. The number of ether oxygens (including phenoxy) is 2. The molecule has 1 heterocycles. The van der Waals surface area contributed by atoms with Crippen molar-refractivity contribution in [1.29, 1.82) is 0 Å². The fourth-order valence-corrected chi connectivity index (χ4v) is 4.57. The molecule has 3 aromatic rings. The van der Waals surface area contributed by atoms with Crippen molar-refractivity contribution >= 4 is 23.2 Å². The lowest BCUT2D eigenvalue weighted by molar-refractivity contribution is 0.413. The summed E-state index contributed by atoms with van der Waals surface area (Å²) in [5.74, 6) is 2.48. The van der Waals surface area contributed by atoms with Crippen LogP contribution in [0.15, 0.2) is 71.7 Å². The molecule has 0 fully saturated rings. The van der Waals surface area contributed by atoms with Crippen LogP contribution in [-0.4, -0.2) is 25.4 Å². The largest absolute Gasteiger partial charge is 0.496 e. The minimum atomic E-state index is -0.0319. The van der Waals surface area contributed by atoms with Gasteiger partial charge in [-0.15, -0.1) is 0 Å². The molecule has 0 bridgehead atoms. The van der Waals surface area contributed by atoms with Crippen LogP contribution in [0.2, 0.25) is 0 Å². The third kappa shape index (κ3) is 4.86.